The Morgan fingerprint density at radius 1 is 1.26 bits per heavy atom. The van der Waals surface area contributed by atoms with Crippen LogP contribution >= 0.6 is 15.9 Å². The van der Waals surface area contributed by atoms with Gasteiger partial charge in [0.15, 0.2) is 0 Å². The molecular formula is C16H23BrFN. The highest BCUT2D eigenvalue weighted by molar-refractivity contribution is 9.10. The molecule has 1 fully saturated rings. The first-order valence-corrected chi connectivity index (χ1v) is 8.11. The van der Waals surface area contributed by atoms with Gasteiger partial charge in [0.05, 0.1) is 0 Å². The minimum absolute atomic E-state index is 0.145. The van der Waals surface area contributed by atoms with E-state index in [-0.39, 0.29) is 5.82 Å². The normalized spacial score (nSPS) is 19.1. The van der Waals surface area contributed by atoms with Crippen LogP contribution in [0.5, 0.6) is 0 Å². The third-order valence-electron chi connectivity index (χ3n) is 4.29. The van der Waals surface area contributed by atoms with Crippen LogP contribution in [-0.2, 0) is 6.42 Å². The van der Waals surface area contributed by atoms with Crippen molar-refractivity contribution >= 4 is 15.9 Å². The summed E-state index contributed by atoms with van der Waals surface area (Å²) in [5.41, 5.74) is 1.07. The van der Waals surface area contributed by atoms with Crippen LogP contribution in [0.1, 0.15) is 44.1 Å². The van der Waals surface area contributed by atoms with E-state index in [1.54, 1.807) is 6.07 Å². The van der Waals surface area contributed by atoms with Gasteiger partial charge in [-0.05, 0) is 56.0 Å². The summed E-state index contributed by atoms with van der Waals surface area (Å²) in [4.78, 5) is 0. The van der Waals surface area contributed by atoms with Crippen LogP contribution in [0.2, 0.25) is 0 Å². The summed E-state index contributed by atoms with van der Waals surface area (Å²) in [6.07, 6.45) is 8.93. The smallest absolute Gasteiger partial charge is 0.123 e. The molecule has 1 aliphatic carbocycles. The summed E-state index contributed by atoms with van der Waals surface area (Å²) in [6.45, 7) is 0. The van der Waals surface area contributed by atoms with Crippen molar-refractivity contribution in [2.45, 2.75) is 51.0 Å². The molecule has 3 heteroatoms. The summed E-state index contributed by atoms with van der Waals surface area (Å²) in [6, 6.07) is 5.43. The number of benzene rings is 1. The molecular weight excluding hydrogens is 305 g/mol. The number of hydrogen-bond donors (Lipinski definition) is 1. The monoisotopic (exact) mass is 327 g/mol. The lowest BCUT2D eigenvalue weighted by atomic mass is 9.88. The van der Waals surface area contributed by atoms with Crippen molar-refractivity contribution in [1.82, 2.24) is 5.32 Å². The number of halogens is 2. The average molecular weight is 328 g/mol. The first-order valence-electron chi connectivity index (χ1n) is 7.32. The number of nitrogens with one attached hydrogen (secondary N) is 1. The molecule has 0 amide bonds. The highest BCUT2D eigenvalue weighted by Gasteiger charge is 2.22. The topological polar surface area (TPSA) is 12.0 Å². The predicted molar refractivity (Wildman–Crippen MR) is 81.8 cm³/mol. The molecule has 106 valence electrons. The molecule has 0 heterocycles. The Balaban J connectivity index is 2.07. The Kier molecular flexibility index (Phi) is 5.83. The van der Waals surface area contributed by atoms with Crippen molar-refractivity contribution < 1.29 is 4.39 Å². The molecule has 0 aromatic heterocycles. The fourth-order valence-corrected chi connectivity index (χ4v) is 3.56. The molecule has 2 rings (SSSR count). The molecule has 1 unspecified atom stereocenters. The number of hydrogen-bond acceptors (Lipinski definition) is 1. The molecule has 0 radical (unpaired) electrons. The van der Waals surface area contributed by atoms with Gasteiger partial charge in [-0.25, -0.2) is 4.39 Å². The lowest BCUT2D eigenvalue weighted by Crippen LogP contribution is -2.35. The summed E-state index contributed by atoms with van der Waals surface area (Å²) in [7, 11) is 2.03. The largest absolute Gasteiger partial charge is 0.316 e. The second-order valence-corrected chi connectivity index (χ2v) is 6.44. The standard InChI is InChI=1S/C16H23BrFN/c1-19-16(12-6-4-2-3-5-7-12)11-13-10-14(18)8-9-15(13)17/h8-10,12,16,19H,2-7,11H2,1H3. The Morgan fingerprint density at radius 2 is 1.95 bits per heavy atom. The van der Waals surface area contributed by atoms with Gasteiger partial charge in [-0.3, -0.25) is 0 Å². The van der Waals surface area contributed by atoms with E-state index in [0.717, 1.165) is 22.4 Å². The molecule has 0 bridgehead atoms. The van der Waals surface area contributed by atoms with Gasteiger partial charge in [0, 0.05) is 10.5 Å². The molecule has 1 aliphatic rings. The van der Waals surface area contributed by atoms with Crippen molar-refractivity contribution in [3.8, 4) is 0 Å². The van der Waals surface area contributed by atoms with Gasteiger partial charge in [0.1, 0.15) is 5.82 Å². The molecule has 1 saturated carbocycles. The zero-order valence-corrected chi connectivity index (χ0v) is 13.2. The first-order chi connectivity index (χ1) is 9.20. The van der Waals surface area contributed by atoms with Crippen LogP contribution in [-0.4, -0.2) is 13.1 Å². The number of rotatable bonds is 4. The van der Waals surface area contributed by atoms with Gasteiger partial charge in [0.25, 0.3) is 0 Å². The van der Waals surface area contributed by atoms with Crippen LogP contribution in [0, 0.1) is 11.7 Å². The molecule has 1 aromatic rings. The molecule has 1 aromatic carbocycles. The van der Waals surface area contributed by atoms with Gasteiger partial charge in [-0.1, -0.05) is 41.6 Å². The highest BCUT2D eigenvalue weighted by atomic mass is 79.9. The molecule has 1 nitrogen and oxygen atoms in total. The van der Waals surface area contributed by atoms with Crippen molar-refractivity contribution in [1.29, 1.82) is 0 Å². The second kappa shape index (κ2) is 7.39. The Labute approximate surface area is 124 Å². The molecule has 1 N–H and O–H groups in total. The van der Waals surface area contributed by atoms with E-state index in [9.17, 15) is 4.39 Å². The minimum Gasteiger partial charge on any atom is -0.316 e. The van der Waals surface area contributed by atoms with Crippen LogP contribution in [0.25, 0.3) is 0 Å². The zero-order chi connectivity index (χ0) is 13.7. The summed E-state index contributed by atoms with van der Waals surface area (Å²) < 4.78 is 14.4. The highest BCUT2D eigenvalue weighted by Crippen LogP contribution is 2.28. The Hall–Kier alpha value is -0.410. The van der Waals surface area contributed by atoms with E-state index in [1.807, 2.05) is 13.1 Å². The van der Waals surface area contributed by atoms with E-state index in [1.165, 1.54) is 44.6 Å². The summed E-state index contributed by atoms with van der Waals surface area (Å²) in [5.74, 6) is 0.580. The second-order valence-electron chi connectivity index (χ2n) is 5.59. The fourth-order valence-electron chi connectivity index (χ4n) is 3.15. The molecule has 0 aliphatic heterocycles. The van der Waals surface area contributed by atoms with Crippen molar-refractivity contribution in [3.05, 3.63) is 34.1 Å². The van der Waals surface area contributed by atoms with Gasteiger partial charge in [-0.15, -0.1) is 0 Å². The van der Waals surface area contributed by atoms with Crippen LogP contribution in [0.15, 0.2) is 22.7 Å². The molecule has 0 saturated heterocycles. The SMILES string of the molecule is CNC(Cc1cc(F)ccc1Br)C1CCCCCC1. The van der Waals surface area contributed by atoms with Crippen molar-refractivity contribution in [3.63, 3.8) is 0 Å². The molecule has 1 atom stereocenters. The van der Waals surface area contributed by atoms with Crippen LogP contribution < -0.4 is 5.32 Å². The average Bonchev–Trinajstić information content (AvgIpc) is 2.68. The van der Waals surface area contributed by atoms with Gasteiger partial charge < -0.3 is 5.32 Å². The lowest BCUT2D eigenvalue weighted by Gasteiger charge is -2.26. The van der Waals surface area contributed by atoms with Crippen LogP contribution in [0.3, 0.4) is 0 Å². The van der Waals surface area contributed by atoms with E-state index in [2.05, 4.69) is 21.2 Å². The van der Waals surface area contributed by atoms with Gasteiger partial charge in [0.2, 0.25) is 0 Å². The maximum Gasteiger partial charge on any atom is 0.123 e. The van der Waals surface area contributed by atoms with Crippen molar-refractivity contribution in [2.75, 3.05) is 7.05 Å². The van der Waals surface area contributed by atoms with E-state index < -0.39 is 0 Å². The van der Waals surface area contributed by atoms with E-state index in [0.29, 0.717) is 6.04 Å². The maximum atomic E-state index is 13.4. The van der Waals surface area contributed by atoms with Crippen molar-refractivity contribution in [2.24, 2.45) is 5.92 Å². The summed E-state index contributed by atoms with van der Waals surface area (Å²) in [5, 5.41) is 3.45. The van der Waals surface area contributed by atoms with Gasteiger partial charge in [-0.2, -0.15) is 0 Å². The number of likely N-dealkylation sites (N-methyl/N-ethyl adjacent to an activating group) is 1. The maximum absolute atomic E-state index is 13.4. The fraction of sp³-hybridized carbons (Fsp3) is 0.625. The lowest BCUT2D eigenvalue weighted by molar-refractivity contribution is 0.332. The Morgan fingerprint density at radius 3 is 2.58 bits per heavy atom. The molecule has 0 spiro atoms. The third-order valence-corrected chi connectivity index (χ3v) is 5.06. The van der Waals surface area contributed by atoms with E-state index in [4.69, 9.17) is 0 Å². The molecule has 19 heavy (non-hydrogen) atoms. The third kappa shape index (κ3) is 4.28. The quantitative estimate of drug-likeness (QED) is 0.791. The van der Waals surface area contributed by atoms with E-state index >= 15 is 0 Å². The van der Waals surface area contributed by atoms with Crippen LogP contribution in [0.4, 0.5) is 4.39 Å². The Bertz CT molecular complexity index is 400. The summed E-state index contributed by atoms with van der Waals surface area (Å²) >= 11 is 3.53. The predicted octanol–water partition coefficient (Wildman–Crippen LogP) is 4.69. The van der Waals surface area contributed by atoms with Gasteiger partial charge >= 0.3 is 0 Å². The minimum atomic E-state index is -0.145. The first kappa shape index (κ1) is 15.0. The zero-order valence-electron chi connectivity index (χ0n) is 11.6.